The molecule has 5 heterocycles. The molecule has 11 heteroatoms. The van der Waals surface area contributed by atoms with Crippen LogP contribution in [0.1, 0.15) is 11.4 Å². The number of hydrogen-bond donors (Lipinski definition) is 3. The molecule has 0 atom stereocenters. The number of nitrogens with zero attached hydrogens (tertiary/aromatic N) is 6. The number of urea groups is 1. The van der Waals surface area contributed by atoms with Crippen LogP contribution in [-0.4, -0.2) is 67.4 Å². The number of fused-ring (bicyclic) bond motifs is 1. The zero-order valence-corrected chi connectivity index (χ0v) is 19.6. The molecular formula is C25H23N9O2. The van der Waals surface area contributed by atoms with Crippen molar-refractivity contribution in [2.45, 2.75) is 6.92 Å². The average Bonchev–Trinajstić information content (AvgIpc) is 3.50. The number of amides is 2. The molecule has 2 amide bonds. The highest BCUT2D eigenvalue weighted by atomic mass is 16.5. The van der Waals surface area contributed by atoms with Crippen molar-refractivity contribution in [2.24, 2.45) is 0 Å². The number of H-pyrrole nitrogens is 2. The number of pyridine rings is 2. The average molecular weight is 482 g/mol. The van der Waals surface area contributed by atoms with Gasteiger partial charge in [-0.1, -0.05) is 12.7 Å². The number of anilines is 1. The number of rotatable bonds is 5. The summed E-state index contributed by atoms with van der Waals surface area (Å²) in [4.78, 5) is 30.9. The molecule has 0 saturated carbocycles. The van der Waals surface area contributed by atoms with Gasteiger partial charge in [-0.3, -0.25) is 10.1 Å². The molecule has 1 aliphatic heterocycles. The maximum absolute atomic E-state index is 12.6. The van der Waals surface area contributed by atoms with Crippen molar-refractivity contribution in [3.8, 4) is 28.7 Å². The lowest BCUT2D eigenvalue weighted by Gasteiger charge is -2.26. The van der Waals surface area contributed by atoms with Crippen LogP contribution >= 0.6 is 0 Å². The van der Waals surface area contributed by atoms with Crippen LogP contribution in [0, 0.1) is 18.3 Å². The minimum Gasteiger partial charge on any atom is -0.378 e. The Morgan fingerprint density at radius 3 is 2.83 bits per heavy atom. The first-order valence-electron chi connectivity index (χ1n) is 11.3. The second kappa shape index (κ2) is 9.81. The van der Waals surface area contributed by atoms with Crippen molar-refractivity contribution < 1.29 is 9.53 Å². The van der Waals surface area contributed by atoms with Gasteiger partial charge in [-0.25, -0.2) is 14.8 Å². The summed E-state index contributed by atoms with van der Waals surface area (Å²) in [5.41, 5.74) is 5.05. The number of carbonyl (C=O) groups excluding carboxylic acids is 1. The summed E-state index contributed by atoms with van der Waals surface area (Å²) in [6.07, 6.45) is 8.20. The molecule has 1 saturated heterocycles. The Bertz CT molecular complexity index is 1520. The molecule has 11 nitrogen and oxygen atoms in total. The number of aromatic nitrogens is 6. The van der Waals surface area contributed by atoms with Gasteiger partial charge in [-0.05, 0) is 25.1 Å². The maximum atomic E-state index is 12.6. The van der Waals surface area contributed by atoms with E-state index in [9.17, 15) is 10.1 Å². The first-order chi connectivity index (χ1) is 17.6. The lowest BCUT2D eigenvalue weighted by molar-refractivity contribution is 0.0564. The topological polar surface area (TPSA) is 148 Å². The summed E-state index contributed by atoms with van der Waals surface area (Å²) in [5, 5.41) is 20.4. The van der Waals surface area contributed by atoms with E-state index < -0.39 is 0 Å². The Morgan fingerprint density at radius 2 is 2.06 bits per heavy atom. The Hall–Kier alpha value is -4.82. The van der Waals surface area contributed by atoms with E-state index >= 15 is 0 Å². The lowest BCUT2D eigenvalue weighted by atomic mass is 10.1. The van der Waals surface area contributed by atoms with Crippen molar-refractivity contribution in [3.05, 3.63) is 60.8 Å². The third-order valence-corrected chi connectivity index (χ3v) is 5.81. The molecule has 1 aliphatic rings. The molecule has 0 bridgehead atoms. The molecule has 36 heavy (non-hydrogen) atoms. The van der Waals surface area contributed by atoms with E-state index in [2.05, 4.69) is 48.1 Å². The first kappa shape index (κ1) is 22.9. The van der Waals surface area contributed by atoms with Crippen molar-refractivity contribution in [2.75, 3.05) is 31.6 Å². The monoisotopic (exact) mass is 481 g/mol. The van der Waals surface area contributed by atoms with Crippen LogP contribution in [-0.2, 0) is 4.74 Å². The number of hydrogen-bond acceptors (Lipinski definition) is 7. The van der Waals surface area contributed by atoms with Crippen LogP contribution in [0.15, 0.2) is 49.5 Å². The minimum atomic E-state index is -0.186. The molecule has 1 fully saturated rings. The van der Waals surface area contributed by atoms with E-state index in [0.29, 0.717) is 60.4 Å². The van der Waals surface area contributed by atoms with Crippen LogP contribution in [0.5, 0.6) is 0 Å². The molecular weight excluding hydrogens is 458 g/mol. The van der Waals surface area contributed by atoms with Gasteiger partial charge in [0.25, 0.3) is 0 Å². The molecule has 4 aromatic rings. The summed E-state index contributed by atoms with van der Waals surface area (Å²) < 4.78 is 5.31. The molecule has 0 spiro atoms. The predicted molar refractivity (Wildman–Crippen MR) is 135 cm³/mol. The van der Waals surface area contributed by atoms with Crippen LogP contribution in [0.4, 0.5) is 10.5 Å². The van der Waals surface area contributed by atoms with E-state index in [0.717, 1.165) is 22.2 Å². The Morgan fingerprint density at radius 1 is 1.25 bits per heavy atom. The summed E-state index contributed by atoms with van der Waals surface area (Å²) in [5.74, 6) is 0.541. The molecule has 180 valence electrons. The first-order valence-corrected chi connectivity index (χ1v) is 11.3. The fraction of sp³-hybridized carbons (Fsp3) is 0.200. The Balaban J connectivity index is 1.46. The summed E-state index contributed by atoms with van der Waals surface area (Å²) in [7, 11) is 0. The fourth-order valence-corrected chi connectivity index (χ4v) is 4.00. The number of nitriles is 1. The molecule has 3 N–H and O–H groups in total. The predicted octanol–water partition coefficient (Wildman–Crippen LogP) is 3.68. The Kier molecular flexibility index (Phi) is 6.25. The minimum absolute atomic E-state index is 0.186. The summed E-state index contributed by atoms with van der Waals surface area (Å²) in [6.45, 7) is 7.68. The molecule has 0 unspecified atom stereocenters. The van der Waals surface area contributed by atoms with Crippen LogP contribution in [0.3, 0.4) is 0 Å². The number of aryl methyl sites for hydroxylation is 1. The van der Waals surface area contributed by atoms with E-state index in [1.165, 1.54) is 0 Å². The quantitative estimate of drug-likeness (QED) is 0.291. The van der Waals surface area contributed by atoms with Crippen molar-refractivity contribution >= 4 is 28.3 Å². The van der Waals surface area contributed by atoms with Crippen LogP contribution in [0.2, 0.25) is 0 Å². The number of ether oxygens (including phenoxy) is 1. The SMILES string of the molecule is C=C/C=C(/C#N)c1nc(-c2[nH]nc3ncc(-c4cncc(NC(=O)N5CCOCC5)c4)cc23)[nH]c1C. The van der Waals surface area contributed by atoms with Crippen molar-refractivity contribution in [1.82, 2.24) is 35.0 Å². The van der Waals surface area contributed by atoms with Gasteiger partial charge in [-0.15, -0.1) is 0 Å². The molecule has 0 radical (unpaired) electrons. The number of morpholine rings is 1. The van der Waals surface area contributed by atoms with E-state index in [1.807, 2.05) is 19.1 Å². The number of imidazole rings is 1. The van der Waals surface area contributed by atoms with Gasteiger partial charge < -0.3 is 19.9 Å². The standard InChI is InChI=1S/C25H23N9O2/c1-3-4-16(11-26)21-15(2)29-24(31-21)22-20-10-18(13-28-23(20)33-32-22)17-9-19(14-27-12-17)30-25(35)34-5-7-36-8-6-34/h3-4,9-10,12-14H,1,5-8H2,2H3,(H,29,31)(H,30,35)(H,28,32,33)/b16-4-. The third-order valence-electron chi connectivity index (χ3n) is 5.81. The molecule has 5 rings (SSSR count). The number of aromatic amines is 2. The van der Waals surface area contributed by atoms with E-state index in [4.69, 9.17) is 4.74 Å². The smallest absolute Gasteiger partial charge is 0.322 e. The highest BCUT2D eigenvalue weighted by Gasteiger charge is 2.19. The third kappa shape index (κ3) is 4.45. The zero-order chi connectivity index (χ0) is 25.1. The van der Waals surface area contributed by atoms with Gasteiger partial charge in [0.2, 0.25) is 0 Å². The number of nitrogens with one attached hydrogen (secondary N) is 3. The second-order valence-electron chi connectivity index (χ2n) is 8.17. The molecule has 0 aliphatic carbocycles. The Labute approximate surface area is 206 Å². The highest BCUT2D eigenvalue weighted by Crippen LogP contribution is 2.30. The number of carbonyl (C=O) groups is 1. The normalized spacial score (nSPS) is 14.0. The summed E-state index contributed by atoms with van der Waals surface area (Å²) in [6, 6.07) is 5.75. The van der Waals surface area contributed by atoms with Gasteiger partial charge >= 0.3 is 6.03 Å². The highest BCUT2D eigenvalue weighted by molar-refractivity contribution is 5.93. The van der Waals surface area contributed by atoms with Gasteiger partial charge in [0.1, 0.15) is 17.5 Å². The number of allylic oxidation sites excluding steroid dienone is 3. The summed E-state index contributed by atoms with van der Waals surface area (Å²) >= 11 is 0. The lowest BCUT2D eigenvalue weighted by Crippen LogP contribution is -2.43. The van der Waals surface area contributed by atoms with Gasteiger partial charge in [0.05, 0.1) is 36.1 Å². The van der Waals surface area contributed by atoms with E-state index in [-0.39, 0.29) is 6.03 Å². The van der Waals surface area contributed by atoms with Gasteiger partial charge in [0, 0.05) is 42.3 Å². The largest absolute Gasteiger partial charge is 0.378 e. The van der Waals surface area contributed by atoms with E-state index in [1.54, 1.807) is 35.6 Å². The second-order valence-corrected chi connectivity index (χ2v) is 8.17. The van der Waals surface area contributed by atoms with Gasteiger partial charge in [-0.2, -0.15) is 10.4 Å². The maximum Gasteiger partial charge on any atom is 0.322 e. The fourth-order valence-electron chi connectivity index (χ4n) is 4.00. The van der Waals surface area contributed by atoms with Gasteiger partial charge in [0.15, 0.2) is 11.5 Å². The molecule has 0 aromatic carbocycles. The zero-order valence-electron chi connectivity index (χ0n) is 19.6. The van der Waals surface area contributed by atoms with Crippen LogP contribution in [0.25, 0.3) is 39.3 Å². The van der Waals surface area contributed by atoms with Crippen molar-refractivity contribution in [3.63, 3.8) is 0 Å². The van der Waals surface area contributed by atoms with Crippen molar-refractivity contribution in [1.29, 1.82) is 5.26 Å². The van der Waals surface area contributed by atoms with Crippen LogP contribution < -0.4 is 5.32 Å². The molecule has 4 aromatic heterocycles.